The van der Waals surface area contributed by atoms with Crippen molar-refractivity contribution in [2.45, 2.75) is 196 Å². The third-order valence-electron chi connectivity index (χ3n) is 11.7. The first kappa shape index (κ1) is 49.1. The number of benzene rings is 4. The summed E-state index contributed by atoms with van der Waals surface area (Å²) in [5, 5.41) is 6.49. The Balaban J connectivity index is 2.00. The van der Waals surface area contributed by atoms with Crippen molar-refractivity contribution in [3.8, 4) is 34.5 Å². The Labute approximate surface area is 365 Å². The van der Waals surface area contributed by atoms with Gasteiger partial charge in [-0.3, -0.25) is 0 Å². The van der Waals surface area contributed by atoms with Crippen LogP contribution in [-0.2, 0) is 0 Å². The summed E-state index contributed by atoms with van der Waals surface area (Å²) in [7, 11) is 0. The zero-order chi connectivity index (χ0) is 42.6. The molecule has 4 rings (SSSR count). The van der Waals surface area contributed by atoms with Crippen molar-refractivity contribution in [1.29, 1.82) is 0 Å². The Morgan fingerprint density at radius 3 is 0.700 bits per heavy atom. The smallest absolute Gasteiger partial charge is 0.161 e. The summed E-state index contributed by atoms with van der Waals surface area (Å²) in [5.41, 5.74) is 0. The Kier molecular flexibility index (Phi) is 24.3. The molecule has 336 valence electrons. The van der Waals surface area contributed by atoms with Crippen LogP contribution in [0, 0.1) is 0 Å². The number of hydrogen-bond acceptors (Lipinski definition) is 6. The van der Waals surface area contributed by atoms with Crippen LogP contribution in [0.5, 0.6) is 34.5 Å². The predicted octanol–water partition coefficient (Wildman–Crippen LogP) is 16.9. The highest BCUT2D eigenvalue weighted by molar-refractivity contribution is 6.29. The van der Waals surface area contributed by atoms with Gasteiger partial charge in [-0.2, -0.15) is 0 Å². The molecule has 0 N–H and O–H groups in total. The summed E-state index contributed by atoms with van der Waals surface area (Å²) in [5.74, 6) is 4.97. The van der Waals surface area contributed by atoms with Crippen molar-refractivity contribution in [2.24, 2.45) is 0 Å². The van der Waals surface area contributed by atoms with E-state index in [9.17, 15) is 0 Å². The summed E-state index contributed by atoms with van der Waals surface area (Å²) in [6.45, 7) is 17.5. The molecular weight excluding hydrogens is 745 g/mol. The van der Waals surface area contributed by atoms with E-state index in [0.29, 0.717) is 39.6 Å². The van der Waals surface area contributed by atoms with E-state index < -0.39 is 0 Å². The molecule has 0 aromatic heterocycles. The van der Waals surface area contributed by atoms with Crippen LogP contribution in [0.15, 0.2) is 36.4 Å². The molecule has 0 bridgehead atoms. The molecule has 0 saturated heterocycles. The molecule has 0 atom stereocenters. The molecule has 0 aliphatic carbocycles. The molecule has 4 aromatic rings. The fourth-order valence-corrected chi connectivity index (χ4v) is 8.04. The Bertz CT molecular complexity index is 1640. The zero-order valence-electron chi connectivity index (χ0n) is 39.1. The van der Waals surface area contributed by atoms with Crippen molar-refractivity contribution in [3.63, 3.8) is 0 Å². The predicted molar refractivity (Wildman–Crippen MR) is 257 cm³/mol. The van der Waals surface area contributed by atoms with Gasteiger partial charge in [0.15, 0.2) is 23.0 Å². The van der Waals surface area contributed by atoms with Crippen LogP contribution in [-0.4, -0.2) is 39.6 Å². The topological polar surface area (TPSA) is 55.4 Å². The van der Waals surface area contributed by atoms with Crippen LogP contribution in [0.4, 0.5) is 0 Å². The summed E-state index contributed by atoms with van der Waals surface area (Å²) in [4.78, 5) is 0. The number of ether oxygens (including phenoxy) is 6. The average molecular weight is 829 g/mol. The van der Waals surface area contributed by atoms with Crippen molar-refractivity contribution in [1.82, 2.24) is 0 Å². The van der Waals surface area contributed by atoms with E-state index in [1.165, 1.54) is 77.0 Å². The van der Waals surface area contributed by atoms with Gasteiger partial charge in [-0.1, -0.05) is 157 Å². The number of hydrogen-bond donors (Lipinski definition) is 0. The molecule has 0 radical (unpaired) electrons. The van der Waals surface area contributed by atoms with Crippen molar-refractivity contribution in [3.05, 3.63) is 36.4 Å². The van der Waals surface area contributed by atoms with E-state index in [0.717, 1.165) is 144 Å². The lowest BCUT2D eigenvalue weighted by molar-refractivity contribution is 0.259. The monoisotopic (exact) mass is 829 g/mol. The fraction of sp³-hybridized carbons (Fsp3) is 0.667. The van der Waals surface area contributed by atoms with Crippen molar-refractivity contribution >= 4 is 32.3 Å². The van der Waals surface area contributed by atoms with Gasteiger partial charge in [0, 0.05) is 10.8 Å². The molecule has 0 heterocycles. The lowest BCUT2D eigenvalue weighted by Gasteiger charge is -2.22. The van der Waals surface area contributed by atoms with Gasteiger partial charge in [-0.05, 0) is 96.5 Å². The fourth-order valence-electron chi connectivity index (χ4n) is 8.04. The van der Waals surface area contributed by atoms with Crippen LogP contribution in [0.1, 0.15) is 196 Å². The van der Waals surface area contributed by atoms with E-state index in [-0.39, 0.29) is 0 Å². The lowest BCUT2D eigenvalue weighted by atomic mass is 9.92. The first-order valence-corrected chi connectivity index (χ1v) is 24.9. The van der Waals surface area contributed by atoms with Gasteiger partial charge < -0.3 is 28.4 Å². The molecule has 0 fully saturated rings. The van der Waals surface area contributed by atoms with E-state index in [1.54, 1.807) is 0 Å². The molecular formula is C54H84O6. The third kappa shape index (κ3) is 15.7. The summed E-state index contributed by atoms with van der Waals surface area (Å²) in [6, 6.07) is 13.2. The summed E-state index contributed by atoms with van der Waals surface area (Å²) >= 11 is 0. The van der Waals surface area contributed by atoms with Crippen LogP contribution < -0.4 is 28.4 Å². The zero-order valence-corrected chi connectivity index (χ0v) is 39.1. The standard InChI is InChI=1S/C54H84O6/c1-7-13-19-25-33-55-47-31-32-48(56-34-26-20-14-8-2)54-46-42-52(60-38-30-24-18-12-6)50(58-36-28-22-16-10-4)40-44(46)43-39-49(57-35-27-21-15-9-3)51(41-45(43)53(47)54)59-37-29-23-17-11-5/h31-32,39-42H,7-30,33-38H2,1-6H3. The molecule has 6 nitrogen and oxygen atoms in total. The number of fused-ring (bicyclic) bond motifs is 6. The Morgan fingerprint density at radius 1 is 0.250 bits per heavy atom. The van der Waals surface area contributed by atoms with Gasteiger partial charge in [-0.25, -0.2) is 0 Å². The highest BCUT2D eigenvalue weighted by Crippen LogP contribution is 2.49. The van der Waals surface area contributed by atoms with Gasteiger partial charge in [0.1, 0.15) is 11.5 Å². The largest absolute Gasteiger partial charge is 0.493 e. The van der Waals surface area contributed by atoms with Crippen LogP contribution in [0.25, 0.3) is 32.3 Å². The van der Waals surface area contributed by atoms with Crippen LogP contribution in [0.3, 0.4) is 0 Å². The highest BCUT2D eigenvalue weighted by atomic mass is 16.5. The van der Waals surface area contributed by atoms with Gasteiger partial charge >= 0.3 is 0 Å². The van der Waals surface area contributed by atoms with E-state index >= 15 is 0 Å². The van der Waals surface area contributed by atoms with Crippen LogP contribution in [0.2, 0.25) is 0 Å². The quantitative estimate of drug-likeness (QED) is 0.0336. The van der Waals surface area contributed by atoms with Gasteiger partial charge in [0.25, 0.3) is 0 Å². The maximum absolute atomic E-state index is 6.79. The molecule has 0 aliphatic rings. The second kappa shape index (κ2) is 29.7. The van der Waals surface area contributed by atoms with Gasteiger partial charge in [-0.15, -0.1) is 0 Å². The molecule has 6 heteroatoms. The minimum absolute atomic E-state index is 0.658. The Morgan fingerprint density at radius 2 is 0.467 bits per heavy atom. The minimum atomic E-state index is 0.658. The van der Waals surface area contributed by atoms with Gasteiger partial charge in [0.2, 0.25) is 0 Å². The van der Waals surface area contributed by atoms with Gasteiger partial charge in [0.05, 0.1) is 39.6 Å². The maximum atomic E-state index is 6.79. The average Bonchev–Trinajstić information content (AvgIpc) is 3.26. The van der Waals surface area contributed by atoms with E-state index in [4.69, 9.17) is 28.4 Å². The SMILES string of the molecule is CCCCCCOc1cc2c3cc(OCCCCCC)c(OCCCCCC)cc3c3c(OCCCCCC)ccc(OCCCCCC)c3c2cc1OCCCCCC. The third-order valence-corrected chi connectivity index (χ3v) is 11.7. The maximum Gasteiger partial charge on any atom is 0.161 e. The normalized spacial score (nSPS) is 11.5. The molecule has 0 amide bonds. The van der Waals surface area contributed by atoms with E-state index in [2.05, 4.69) is 77.9 Å². The molecule has 60 heavy (non-hydrogen) atoms. The number of unbranched alkanes of at least 4 members (excludes halogenated alkanes) is 18. The summed E-state index contributed by atoms with van der Waals surface area (Å²) in [6.07, 6.45) is 27.5. The first-order chi connectivity index (χ1) is 29.6. The Hall–Kier alpha value is -3.54. The molecule has 0 spiro atoms. The van der Waals surface area contributed by atoms with E-state index in [1.807, 2.05) is 0 Å². The minimum Gasteiger partial charge on any atom is -0.493 e. The lowest BCUT2D eigenvalue weighted by Crippen LogP contribution is -2.05. The second-order valence-corrected chi connectivity index (χ2v) is 17.0. The molecule has 0 aliphatic heterocycles. The first-order valence-electron chi connectivity index (χ1n) is 24.9. The number of rotatable bonds is 36. The van der Waals surface area contributed by atoms with Crippen molar-refractivity contribution in [2.75, 3.05) is 39.6 Å². The summed E-state index contributed by atoms with van der Waals surface area (Å²) < 4.78 is 40.3. The van der Waals surface area contributed by atoms with Crippen molar-refractivity contribution < 1.29 is 28.4 Å². The van der Waals surface area contributed by atoms with Crippen LogP contribution >= 0.6 is 0 Å². The second-order valence-electron chi connectivity index (χ2n) is 17.0. The molecule has 0 saturated carbocycles. The highest BCUT2D eigenvalue weighted by Gasteiger charge is 2.23. The molecule has 4 aromatic carbocycles. The molecule has 0 unspecified atom stereocenters.